The summed E-state index contributed by atoms with van der Waals surface area (Å²) in [6.45, 7) is 0.976. The maximum absolute atomic E-state index is 13.0. The van der Waals surface area contributed by atoms with E-state index in [0.29, 0.717) is 18.7 Å². The number of carbonyl (C=O) groups is 2. The third kappa shape index (κ3) is 3.71. The van der Waals surface area contributed by atoms with Gasteiger partial charge in [-0.15, -0.1) is 0 Å². The fourth-order valence-corrected chi connectivity index (χ4v) is 2.83. The van der Waals surface area contributed by atoms with E-state index in [1.807, 2.05) is 4.90 Å². The lowest BCUT2D eigenvalue weighted by molar-refractivity contribution is -0.157. The molecule has 1 aromatic rings. The van der Waals surface area contributed by atoms with Gasteiger partial charge < -0.3 is 10.2 Å². The summed E-state index contributed by atoms with van der Waals surface area (Å²) in [4.78, 5) is 24.1. The van der Waals surface area contributed by atoms with Gasteiger partial charge >= 0.3 is 11.9 Å². The van der Waals surface area contributed by atoms with Crippen molar-refractivity contribution in [3.63, 3.8) is 0 Å². The van der Waals surface area contributed by atoms with Crippen molar-refractivity contribution in [2.24, 2.45) is 11.8 Å². The number of carboxylic acid groups (broad SMARTS) is 2. The van der Waals surface area contributed by atoms with E-state index < -0.39 is 29.6 Å². The van der Waals surface area contributed by atoms with E-state index in [4.69, 9.17) is 21.8 Å². The van der Waals surface area contributed by atoms with Crippen LogP contribution < -0.4 is 0 Å². The Morgan fingerprint density at radius 1 is 1.29 bits per heavy atom. The van der Waals surface area contributed by atoms with Gasteiger partial charge in [-0.1, -0.05) is 17.7 Å². The van der Waals surface area contributed by atoms with Gasteiger partial charge in [0, 0.05) is 18.1 Å². The highest BCUT2D eigenvalue weighted by Gasteiger charge is 2.38. The summed E-state index contributed by atoms with van der Waals surface area (Å²) in [5.74, 6) is -4.45. The van der Waals surface area contributed by atoms with Crippen LogP contribution in [0.5, 0.6) is 0 Å². The van der Waals surface area contributed by atoms with Gasteiger partial charge in [0.1, 0.15) is 5.82 Å². The average molecular weight is 316 g/mol. The lowest BCUT2D eigenvalue weighted by Gasteiger charge is -2.34. The van der Waals surface area contributed by atoms with E-state index in [0.717, 1.165) is 0 Å². The standard InChI is InChI=1S/C14H15ClFNO4/c15-12-5-9(16)2-1-8(12)6-17-4-3-10(13(18)19)11(7-17)14(20)21/h1-2,5,10-11H,3-4,6-7H2,(H,18,19)(H,20,21). The first-order valence-corrected chi connectivity index (χ1v) is 6.88. The van der Waals surface area contributed by atoms with Crippen LogP contribution in [0.1, 0.15) is 12.0 Å². The molecule has 1 aliphatic rings. The van der Waals surface area contributed by atoms with Crippen molar-refractivity contribution in [3.05, 3.63) is 34.6 Å². The summed E-state index contributed by atoms with van der Waals surface area (Å²) < 4.78 is 13.0. The smallest absolute Gasteiger partial charge is 0.308 e. The molecule has 0 spiro atoms. The summed E-state index contributed by atoms with van der Waals surface area (Å²) in [6.07, 6.45) is 0.269. The first kappa shape index (κ1) is 15.7. The SMILES string of the molecule is O=C(O)C1CCN(Cc2ccc(F)cc2Cl)CC1C(=O)O. The lowest BCUT2D eigenvalue weighted by atomic mass is 9.85. The predicted octanol–water partition coefficient (Wildman–Crippen LogP) is 2.09. The summed E-state index contributed by atoms with van der Waals surface area (Å²) in [5, 5.41) is 18.5. The molecule has 21 heavy (non-hydrogen) atoms. The van der Waals surface area contributed by atoms with Crippen LogP contribution in [-0.2, 0) is 16.1 Å². The zero-order valence-electron chi connectivity index (χ0n) is 11.1. The summed E-state index contributed by atoms with van der Waals surface area (Å²) >= 11 is 5.95. The van der Waals surface area contributed by atoms with Crippen molar-refractivity contribution >= 4 is 23.5 Å². The molecule has 1 fully saturated rings. The van der Waals surface area contributed by atoms with Crippen LogP contribution in [-0.4, -0.2) is 40.1 Å². The largest absolute Gasteiger partial charge is 0.481 e. The Balaban J connectivity index is 2.09. The lowest BCUT2D eigenvalue weighted by Crippen LogP contribution is -2.46. The number of rotatable bonds is 4. The van der Waals surface area contributed by atoms with Crippen molar-refractivity contribution in [1.29, 1.82) is 0 Å². The minimum atomic E-state index is -1.11. The van der Waals surface area contributed by atoms with E-state index in [2.05, 4.69) is 0 Å². The van der Waals surface area contributed by atoms with Crippen molar-refractivity contribution in [1.82, 2.24) is 4.90 Å². The number of aliphatic carboxylic acids is 2. The molecule has 2 unspecified atom stereocenters. The first-order chi connectivity index (χ1) is 9.88. The normalized spacial score (nSPS) is 23.0. The van der Waals surface area contributed by atoms with Crippen molar-refractivity contribution < 1.29 is 24.2 Å². The number of likely N-dealkylation sites (tertiary alicyclic amines) is 1. The second-order valence-electron chi connectivity index (χ2n) is 5.15. The minimum Gasteiger partial charge on any atom is -0.481 e. The molecule has 0 bridgehead atoms. The molecule has 0 aliphatic carbocycles. The Morgan fingerprint density at radius 3 is 2.52 bits per heavy atom. The van der Waals surface area contributed by atoms with Crippen LogP contribution in [0.4, 0.5) is 4.39 Å². The second kappa shape index (κ2) is 6.41. The molecular formula is C14H15ClFNO4. The van der Waals surface area contributed by atoms with Crippen LogP contribution in [0.2, 0.25) is 5.02 Å². The molecule has 1 aromatic carbocycles. The zero-order valence-corrected chi connectivity index (χ0v) is 11.9. The van der Waals surface area contributed by atoms with Crippen LogP contribution in [0.15, 0.2) is 18.2 Å². The quantitative estimate of drug-likeness (QED) is 0.889. The van der Waals surface area contributed by atoms with Gasteiger partial charge in [0.15, 0.2) is 0 Å². The Bertz CT molecular complexity index is 566. The number of hydrogen-bond acceptors (Lipinski definition) is 3. The molecule has 2 atom stereocenters. The van der Waals surface area contributed by atoms with Gasteiger partial charge in [0.25, 0.3) is 0 Å². The molecule has 1 heterocycles. The third-order valence-corrected chi connectivity index (χ3v) is 4.09. The molecule has 0 amide bonds. The molecule has 7 heteroatoms. The zero-order chi connectivity index (χ0) is 15.6. The molecule has 1 saturated heterocycles. The Morgan fingerprint density at radius 2 is 1.95 bits per heavy atom. The van der Waals surface area contributed by atoms with Crippen LogP contribution in [0.3, 0.4) is 0 Å². The Kier molecular flexibility index (Phi) is 4.80. The fourth-order valence-electron chi connectivity index (χ4n) is 2.60. The predicted molar refractivity (Wildman–Crippen MR) is 73.6 cm³/mol. The van der Waals surface area contributed by atoms with Gasteiger partial charge in [-0.25, -0.2) is 4.39 Å². The highest BCUT2D eigenvalue weighted by molar-refractivity contribution is 6.31. The fraction of sp³-hybridized carbons (Fsp3) is 0.429. The van der Waals surface area contributed by atoms with Gasteiger partial charge in [0.2, 0.25) is 0 Å². The number of halogens is 2. The highest BCUT2D eigenvalue weighted by atomic mass is 35.5. The first-order valence-electron chi connectivity index (χ1n) is 6.50. The average Bonchev–Trinajstić information content (AvgIpc) is 2.41. The summed E-state index contributed by atoms with van der Waals surface area (Å²) in [5.41, 5.74) is 0.691. The maximum atomic E-state index is 13.0. The molecule has 114 valence electrons. The summed E-state index contributed by atoms with van der Waals surface area (Å²) in [6, 6.07) is 4.05. The van der Waals surface area contributed by atoms with Gasteiger partial charge in [-0.3, -0.25) is 14.5 Å². The van der Waals surface area contributed by atoms with Crippen LogP contribution in [0, 0.1) is 17.7 Å². The number of carboxylic acids is 2. The number of nitrogens with zero attached hydrogens (tertiary/aromatic N) is 1. The van der Waals surface area contributed by atoms with E-state index in [-0.39, 0.29) is 18.0 Å². The molecule has 2 N–H and O–H groups in total. The van der Waals surface area contributed by atoms with Crippen molar-refractivity contribution in [3.8, 4) is 0 Å². The Hall–Kier alpha value is -1.66. The molecular weight excluding hydrogens is 301 g/mol. The van der Waals surface area contributed by atoms with Gasteiger partial charge in [0.05, 0.1) is 11.8 Å². The number of hydrogen-bond donors (Lipinski definition) is 2. The van der Waals surface area contributed by atoms with E-state index >= 15 is 0 Å². The highest BCUT2D eigenvalue weighted by Crippen LogP contribution is 2.27. The molecule has 2 rings (SSSR count). The van der Waals surface area contributed by atoms with Crippen molar-refractivity contribution in [2.75, 3.05) is 13.1 Å². The van der Waals surface area contributed by atoms with E-state index in [9.17, 15) is 14.0 Å². The van der Waals surface area contributed by atoms with Crippen LogP contribution in [0.25, 0.3) is 0 Å². The topological polar surface area (TPSA) is 77.8 Å². The minimum absolute atomic E-state index is 0.139. The molecule has 0 radical (unpaired) electrons. The number of piperidine rings is 1. The van der Waals surface area contributed by atoms with Crippen molar-refractivity contribution in [2.45, 2.75) is 13.0 Å². The van der Waals surface area contributed by atoms with Crippen LogP contribution >= 0.6 is 11.6 Å². The molecule has 1 aliphatic heterocycles. The van der Waals surface area contributed by atoms with Gasteiger partial charge in [-0.05, 0) is 30.7 Å². The maximum Gasteiger partial charge on any atom is 0.308 e. The third-order valence-electron chi connectivity index (χ3n) is 3.74. The van der Waals surface area contributed by atoms with E-state index in [1.165, 1.54) is 12.1 Å². The summed E-state index contributed by atoms with van der Waals surface area (Å²) in [7, 11) is 0. The van der Waals surface area contributed by atoms with Gasteiger partial charge in [-0.2, -0.15) is 0 Å². The second-order valence-corrected chi connectivity index (χ2v) is 5.56. The molecule has 0 saturated carbocycles. The molecule has 0 aromatic heterocycles. The van der Waals surface area contributed by atoms with E-state index in [1.54, 1.807) is 6.07 Å². The Labute approximate surface area is 125 Å². The monoisotopic (exact) mass is 315 g/mol. The molecule has 5 nitrogen and oxygen atoms in total. The number of benzene rings is 1.